The summed E-state index contributed by atoms with van der Waals surface area (Å²) in [7, 11) is 1.65. The number of ether oxygens (including phenoxy) is 1. The highest BCUT2D eigenvalue weighted by Crippen LogP contribution is 2.06. The van der Waals surface area contributed by atoms with E-state index in [2.05, 4.69) is 37.9 Å². The van der Waals surface area contributed by atoms with Crippen molar-refractivity contribution in [1.29, 1.82) is 0 Å². The summed E-state index contributed by atoms with van der Waals surface area (Å²) >= 11 is 0. The lowest BCUT2D eigenvalue weighted by molar-refractivity contribution is 0.396. The van der Waals surface area contributed by atoms with E-state index in [0.717, 1.165) is 18.2 Å². The first-order chi connectivity index (χ1) is 7.72. The Kier molecular flexibility index (Phi) is 5.03. The Hall–Kier alpha value is -1.31. The van der Waals surface area contributed by atoms with Crippen molar-refractivity contribution in [3.05, 3.63) is 22.7 Å². The Balaban J connectivity index is 0.000000386. The van der Waals surface area contributed by atoms with Crippen LogP contribution >= 0.6 is 0 Å². The van der Waals surface area contributed by atoms with Crippen molar-refractivity contribution in [3.63, 3.8) is 0 Å². The van der Waals surface area contributed by atoms with Crippen LogP contribution in [0.3, 0.4) is 0 Å². The monoisotopic (exact) mass is 219 g/mol. The number of hydrogen-bond acceptors (Lipinski definition) is 2. The van der Waals surface area contributed by atoms with Gasteiger partial charge in [0, 0.05) is 6.07 Å². The lowest BCUT2D eigenvalue weighted by Crippen LogP contribution is -2.32. The van der Waals surface area contributed by atoms with Crippen LogP contribution in [-0.2, 0) is 0 Å². The number of methoxy groups -OCH3 is 1. The largest absolute Gasteiger partial charge is 0.481 e. The second-order valence-electron chi connectivity index (χ2n) is 4.02. The predicted molar refractivity (Wildman–Crippen MR) is 68.8 cm³/mol. The first-order valence-corrected chi connectivity index (χ1v) is 5.93. The molecule has 0 unspecified atom stereocenters. The van der Waals surface area contributed by atoms with Crippen LogP contribution in [0.4, 0.5) is 0 Å². The summed E-state index contributed by atoms with van der Waals surface area (Å²) in [6, 6.07) is 3.98. The zero-order valence-electron chi connectivity index (χ0n) is 10.7. The molecule has 16 heavy (non-hydrogen) atoms. The van der Waals surface area contributed by atoms with Crippen LogP contribution in [0.15, 0.2) is 12.1 Å². The van der Waals surface area contributed by atoms with Gasteiger partial charge in [-0.25, -0.2) is 4.98 Å². The van der Waals surface area contributed by atoms with Crippen LogP contribution < -0.4 is 15.3 Å². The molecule has 0 N–H and O–H groups in total. The molecule has 2 heteroatoms. The van der Waals surface area contributed by atoms with Crippen LogP contribution in [0, 0.1) is 0 Å². The minimum absolute atomic E-state index is 0.702. The van der Waals surface area contributed by atoms with Crippen molar-refractivity contribution in [2.45, 2.75) is 40.0 Å². The lowest BCUT2D eigenvalue weighted by Gasteiger charge is -2.06. The highest BCUT2D eigenvalue weighted by Gasteiger charge is 2.01. The molecule has 2 nitrogen and oxygen atoms in total. The predicted octanol–water partition coefficient (Wildman–Crippen LogP) is 2.25. The van der Waals surface area contributed by atoms with Gasteiger partial charge in [-0.1, -0.05) is 26.3 Å². The molecular formula is C14H21NO. The Bertz CT molecular complexity index is 448. The topological polar surface area (TPSA) is 22.1 Å². The summed E-state index contributed by atoms with van der Waals surface area (Å²) in [5, 5.41) is 2.34. The molecule has 0 spiro atoms. The van der Waals surface area contributed by atoms with Crippen molar-refractivity contribution >= 4 is 11.6 Å². The van der Waals surface area contributed by atoms with E-state index in [1.165, 1.54) is 17.2 Å². The van der Waals surface area contributed by atoms with E-state index >= 15 is 0 Å². The van der Waals surface area contributed by atoms with E-state index in [0.29, 0.717) is 5.88 Å². The van der Waals surface area contributed by atoms with Crippen molar-refractivity contribution < 1.29 is 4.74 Å². The SMILES string of the molecule is CCC.COc1ccc2c(n1)=C(C)CCC=2. The fourth-order valence-electron chi connectivity index (χ4n) is 1.63. The highest BCUT2D eigenvalue weighted by molar-refractivity contribution is 5.47. The molecule has 0 aliphatic heterocycles. The quantitative estimate of drug-likeness (QED) is 0.722. The molecule has 88 valence electrons. The van der Waals surface area contributed by atoms with Gasteiger partial charge < -0.3 is 4.74 Å². The van der Waals surface area contributed by atoms with Crippen molar-refractivity contribution in [2.24, 2.45) is 0 Å². The highest BCUT2D eigenvalue weighted by atomic mass is 16.5. The number of pyridine rings is 1. The van der Waals surface area contributed by atoms with Gasteiger partial charge in [-0.2, -0.15) is 0 Å². The summed E-state index contributed by atoms with van der Waals surface area (Å²) in [5.74, 6) is 0.702. The molecule has 0 radical (unpaired) electrons. The smallest absolute Gasteiger partial charge is 0.213 e. The second-order valence-corrected chi connectivity index (χ2v) is 4.02. The molecule has 0 bridgehead atoms. The van der Waals surface area contributed by atoms with Crippen LogP contribution in [0.25, 0.3) is 11.6 Å². The second kappa shape index (κ2) is 6.31. The molecule has 0 amide bonds. The van der Waals surface area contributed by atoms with E-state index in [4.69, 9.17) is 4.74 Å². The Morgan fingerprint density at radius 2 is 2.00 bits per heavy atom. The third-order valence-electron chi connectivity index (χ3n) is 2.40. The van der Waals surface area contributed by atoms with Gasteiger partial charge in [-0.3, -0.25) is 0 Å². The van der Waals surface area contributed by atoms with Gasteiger partial charge >= 0.3 is 0 Å². The summed E-state index contributed by atoms with van der Waals surface area (Å²) in [4.78, 5) is 4.42. The van der Waals surface area contributed by atoms with Crippen molar-refractivity contribution in [1.82, 2.24) is 4.98 Å². The molecule has 0 saturated carbocycles. The lowest BCUT2D eigenvalue weighted by atomic mass is 10.1. The standard InChI is InChI=1S/C11H13NO.C3H8/c1-8-4-3-5-9-6-7-10(13-2)12-11(8)9;1-3-2/h5-7H,3-4H2,1-2H3;3H2,1-2H3. The molecule has 2 rings (SSSR count). The first kappa shape index (κ1) is 12.8. The van der Waals surface area contributed by atoms with Crippen LogP contribution in [0.2, 0.25) is 0 Å². The number of aromatic nitrogens is 1. The summed E-state index contributed by atoms with van der Waals surface area (Å²) in [6.07, 6.45) is 5.73. The number of nitrogens with zero attached hydrogens (tertiary/aromatic N) is 1. The van der Waals surface area contributed by atoms with E-state index in [1.807, 2.05) is 6.07 Å². The summed E-state index contributed by atoms with van der Waals surface area (Å²) in [6.45, 7) is 6.39. The summed E-state index contributed by atoms with van der Waals surface area (Å²) in [5.41, 5.74) is 1.36. The van der Waals surface area contributed by atoms with Gasteiger partial charge in [0.1, 0.15) is 0 Å². The normalized spacial score (nSPS) is 13.1. The Labute approximate surface area is 97.7 Å². The van der Waals surface area contributed by atoms with Gasteiger partial charge in [-0.15, -0.1) is 0 Å². The minimum Gasteiger partial charge on any atom is -0.481 e. The van der Waals surface area contributed by atoms with Gasteiger partial charge in [0.2, 0.25) is 5.88 Å². The molecule has 1 aromatic heterocycles. The van der Waals surface area contributed by atoms with Crippen molar-refractivity contribution in [2.75, 3.05) is 7.11 Å². The van der Waals surface area contributed by atoms with E-state index in [-0.39, 0.29) is 0 Å². The van der Waals surface area contributed by atoms with E-state index in [1.54, 1.807) is 7.11 Å². The van der Waals surface area contributed by atoms with E-state index < -0.39 is 0 Å². The number of fused-ring (bicyclic) bond motifs is 1. The fraction of sp³-hybridized carbons (Fsp3) is 0.500. The number of hydrogen-bond donors (Lipinski definition) is 0. The van der Waals surface area contributed by atoms with Crippen LogP contribution in [0.5, 0.6) is 5.88 Å². The zero-order chi connectivity index (χ0) is 12.0. The molecule has 0 aromatic carbocycles. The van der Waals surface area contributed by atoms with Gasteiger partial charge in [-0.05, 0) is 36.6 Å². The molecule has 0 saturated heterocycles. The van der Waals surface area contributed by atoms with Gasteiger partial charge in [0.05, 0.1) is 12.5 Å². The molecule has 1 aromatic rings. The first-order valence-electron chi connectivity index (χ1n) is 5.93. The van der Waals surface area contributed by atoms with Gasteiger partial charge in [0.15, 0.2) is 0 Å². The Morgan fingerprint density at radius 3 is 2.62 bits per heavy atom. The maximum Gasteiger partial charge on any atom is 0.213 e. The third kappa shape index (κ3) is 3.09. The maximum atomic E-state index is 5.09. The number of rotatable bonds is 1. The maximum absolute atomic E-state index is 5.09. The fourth-order valence-corrected chi connectivity index (χ4v) is 1.63. The zero-order valence-corrected chi connectivity index (χ0v) is 10.7. The van der Waals surface area contributed by atoms with Gasteiger partial charge in [0.25, 0.3) is 0 Å². The minimum atomic E-state index is 0.702. The molecule has 1 heterocycles. The van der Waals surface area contributed by atoms with E-state index in [9.17, 15) is 0 Å². The van der Waals surface area contributed by atoms with Crippen molar-refractivity contribution in [3.8, 4) is 5.88 Å². The summed E-state index contributed by atoms with van der Waals surface area (Å²) < 4.78 is 5.09. The molecule has 0 atom stereocenters. The average Bonchev–Trinajstić information content (AvgIpc) is 2.30. The average molecular weight is 219 g/mol. The Morgan fingerprint density at radius 1 is 1.31 bits per heavy atom. The molecule has 1 aliphatic rings. The third-order valence-corrected chi connectivity index (χ3v) is 2.40. The molecule has 0 fully saturated rings. The van der Waals surface area contributed by atoms with Crippen LogP contribution in [0.1, 0.15) is 40.0 Å². The van der Waals surface area contributed by atoms with Crippen LogP contribution in [-0.4, -0.2) is 12.1 Å². The molecule has 1 aliphatic carbocycles. The molecular weight excluding hydrogens is 198 g/mol.